The summed E-state index contributed by atoms with van der Waals surface area (Å²) < 4.78 is 6.00. The fourth-order valence-corrected chi connectivity index (χ4v) is 2.51. The summed E-state index contributed by atoms with van der Waals surface area (Å²) >= 11 is 6.25. The molecule has 112 valence electrons. The van der Waals surface area contributed by atoms with E-state index < -0.39 is 0 Å². The fourth-order valence-electron chi connectivity index (χ4n) is 2.22. The van der Waals surface area contributed by atoms with Crippen LogP contribution in [-0.4, -0.2) is 0 Å². The number of benzene rings is 2. The number of anilines is 1. The molecule has 0 spiro atoms. The summed E-state index contributed by atoms with van der Waals surface area (Å²) in [5.74, 6) is 1.24. The molecule has 0 heterocycles. The van der Waals surface area contributed by atoms with Crippen LogP contribution in [0.15, 0.2) is 30.3 Å². The zero-order valence-corrected chi connectivity index (χ0v) is 13.8. The zero-order valence-electron chi connectivity index (χ0n) is 13.0. The van der Waals surface area contributed by atoms with Crippen LogP contribution in [0.25, 0.3) is 0 Å². The maximum absolute atomic E-state index is 6.25. The Morgan fingerprint density at radius 1 is 1.14 bits per heavy atom. The number of rotatable bonds is 4. The summed E-state index contributed by atoms with van der Waals surface area (Å²) in [6, 6.07) is 10.0. The van der Waals surface area contributed by atoms with Gasteiger partial charge in [-0.2, -0.15) is 0 Å². The molecule has 2 nitrogen and oxygen atoms in total. The Morgan fingerprint density at radius 2 is 1.86 bits per heavy atom. The van der Waals surface area contributed by atoms with Crippen LogP contribution in [0, 0.1) is 13.8 Å². The van der Waals surface area contributed by atoms with E-state index in [1.807, 2.05) is 44.2 Å². The maximum atomic E-state index is 6.25. The highest BCUT2D eigenvalue weighted by atomic mass is 35.5. The summed E-state index contributed by atoms with van der Waals surface area (Å²) in [6.45, 7) is 8.75. The van der Waals surface area contributed by atoms with E-state index in [1.165, 1.54) is 0 Å². The summed E-state index contributed by atoms with van der Waals surface area (Å²) in [6.07, 6.45) is 0. The SMILES string of the molecule is Cc1ccc(COc2cc(C)c(N)cc2C(C)C)c(Cl)c1. The molecule has 0 aromatic heterocycles. The minimum atomic E-state index is 0.358. The van der Waals surface area contributed by atoms with Gasteiger partial charge in [0.05, 0.1) is 0 Å². The number of nitrogens with two attached hydrogens (primary N) is 1. The van der Waals surface area contributed by atoms with Crippen molar-refractivity contribution >= 4 is 17.3 Å². The summed E-state index contributed by atoms with van der Waals surface area (Å²) in [7, 11) is 0. The highest BCUT2D eigenvalue weighted by Gasteiger charge is 2.11. The van der Waals surface area contributed by atoms with Crippen molar-refractivity contribution in [3.05, 3.63) is 57.6 Å². The van der Waals surface area contributed by atoms with Gasteiger partial charge in [0.1, 0.15) is 12.4 Å². The van der Waals surface area contributed by atoms with E-state index >= 15 is 0 Å². The first-order valence-electron chi connectivity index (χ1n) is 7.16. The molecule has 0 saturated heterocycles. The molecule has 0 aliphatic heterocycles. The lowest BCUT2D eigenvalue weighted by molar-refractivity contribution is 0.301. The minimum absolute atomic E-state index is 0.358. The van der Waals surface area contributed by atoms with Crippen molar-refractivity contribution in [3.63, 3.8) is 0 Å². The Morgan fingerprint density at radius 3 is 2.48 bits per heavy atom. The lowest BCUT2D eigenvalue weighted by Crippen LogP contribution is -2.03. The van der Waals surface area contributed by atoms with Crippen molar-refractivity contribution < 1.29 is 4.74 Å². The van der Waals surface area contributed by atoms with Gasteiger partial charge < -0.3 is 10.5 Å². The molecule has 0 amide bonds. The monoisotopic (exact) mass is 303 g/mol. The summed E-state index contributed by atoms with van der Waals surface area (Å²) in [5, 5.41) is 0.744. The standard InChI is InChI=1S/C18H22ClNO/c1-11(2)15-9-17(20)13(4)8-18(15)21-10-14-6-5-12(3)7-16(14)19/h5-9,11H,10,20H2,1-4H3. The Balaban J connectivity index is 2.25. The molecule has 2 N–H and O–H groups in total. The lowest BCUT2D eigenvalue weighted by atomic mass is 9.99. The molecule has 2 aromatic carbocycles. The largest absolute Gasteiger partial charge is 0.489 e. The Hall–Kier alpha value is -1.67. The smallest absolute Gasteiger partial charge is 0.123 e. The van der Waals surface area contributed by atoms with Crippen molar-refractivity contribution in [1.82, 2.24) is 0 Å². The van der Waals surface area contributed by atoms with Crippen LogP contribution in [0.1, 0.15) is 42.0 Å². The van der Waals surface area contributed by atoms with E-state index in [-0.39, 0.29) is 0 Å². The van der Waals surface area contributed by atoms with Gasteiger partial charge in [-0.1, -0.05) is 37.6 Å². The van der Waals surface area contributed by atoms with Gasteiger partial charge in [-0.25, -0.2) is 0 Å². The second-order valence-electron chi connectivity index (χ2n) is 5.78. The summed E-state index contributed by atoms with van der Waals surface area (Å²) in [4.78, 5) is 0. The molecular weight excluding hydrogens is 282 g/mol. The first-order chi connectivity index (χ1) is 9.88. The van der Waals surface area contributed by atoms with E-state index in [1.54, 1.807) is 0 Å². The molecule has 0 bridgehead atoms. The van der Waals surface area contributed by atoms with Crippen LogP contribution in [0.2, 0.25) is 5.02 Å². The number of aryl methyl sites for hydroxylation is 2. The number of ether oxygens (including phenoxy) is 1. The lowest BCUT2D eigenvalue weighted by Gasteiger charge is -2.17. The van der Waals surface area contributed by atoms with Crippen LogP contribution < -0.4 is 10.5 Å². The third kappa shape index (κ3) is 3.70. The van der Waals surface area contributed by atoms with Gasteiger partial charge in [-0.15, -0.1) is 0 Å². The Kier molecular flexibility index (Phi) is 4.79. The number of hydrogen-bond donors (Lipinski definition) is 1. The second kappa shape index (κ2) is 6.40. The van der Waals surface area contributed by atoms with Crippen molar-refractivity contribution in [2.45, 2.75) is 40.2 Å². The first kappa shape index (κ1) is 15.7. The molecule has 0 unspecified atom stereocenters. The van der Waals surface area contributed by atoms with E-state index in [0.717, 1.165) is 38.7 Å². The molecule has 0 fully saturated rings. The number of halogens is 1. The van der Waals surface area contributed by atoms with E-state index in [0.29, 0.717) is 12.5 Å². The minimum Gasteiger partial charge on any atom is -0.489 e. The van der Waals surface area contributed by atoms with Gasteiger partial charge >= 0.3 is 0 Å². The van der Waals surface area contributed by atoms with E-state index in [2.05, 4.69) is 13.8 Å². The Bertz CT molecular complexity index is 650. The van der Waals surface area contributed by atoms with Gasteiger partial charge in [0, 0.05) is 16.3 Å². The first-order valence-corrected chi connectivity index (χ1v) is 7.54. The topological polar surface area (TPSA) is 35.2 Å². The van der Waals surface area contributed by atoms with Crippen molar-refractivity contribution in [2.75, 3.05) is 5.73 Å². The van der Waals surface area contributed by atoms with Crippen LogP contribution in [0.5, 0.6) is 5.75 Å². The number of hydrogen-bond acceptors (Lipinski definition) is 2. The normalized spacial score (nSPS) is 11.0. The van der Waals surface area contributed by atoms with Crippen LogP contribution in [-0.2, 0) is 6.61 Å². The predicted octanol–water partition coefficient (Wildman–Crippen LogP) is 5.24. The molecule has 0 aliphatic carbocycles. The highest BCUT2D eigenvalue weighted by Crippen LogP contribution is 2.32. The average molecular weight is 304 g/mol. The molecule has 0 atom stereocenters. The molecule has 2 aromatic rings. The van der Waals surface area contributed by atoms with Crippen LogP contribution in [0.3, 0.4) is 0 Å². The van der Waals surface area contributed by atoms with E-state index in [4.69, 9.17) is 22.1 Å². The van der Waals surface area contributed by atoms with Crippen molar-refractivity contribution in [1.29, 1.82) is 0 Å². The summed E-state index contributed by atoms with van der Waals surface area (Å²) in [5.41, 5.74) is 11.1. The molecule has 21 heavy (non-hydrogen) atoms. The molecular formula is C18H22ClNO. The van der Waals surface area contributed by atoms with Crippen LogP contribution >= 0.6 is 11.6 Å². The van der Waals surface area contributed by atoms with Crippen molar-refractivity contribution in [3.8, 4) is 5.75 Å². The maximum Gasteiger partial charge on any atom is 0.123 e. The number of nitrogen functional groups attached to an aromatic ring is 1. The zero-order chi connectivity index (χ0) is 15.6. The molecule has 3 heteroatoms. The molecule has 2 rings (SSSR count). The average Bonchev–Trinajstić information content (AvgIpc) is 2.41. The van der Waals surface area contributed by atoms with Gasteiger partial charge in [-0.05, 0) is 54.7 Å². The van der Waals surface area contributed by atoms with Crippen LogP contribution in [0.4, 0.5) is 5.69 Å². The second-order valence-corrected chi connectivity index (χ2v) is 6.19. The fraction of sp³-hybridized carbons (Fsp3) is 0.333. The van der Waals surface area contributed by atoms with E-state index in [9.17, 15) is 0 Å². The van der Waals surface area contributed by atoms with Gasteiger partial charge in [-0.3, -0.25) is 0 Å². The molecule has 0 aliphatic rings. The third-order valence-electron chi connectivity index (χ3n) is 3.61. The van der Waals surface area contributed by atoms with Gasteiger partial charge in [0.2, 0.25) is 0 Å². The quantitative estimate of drug-likeness (QED) is 0.784. The van der Waals surface area contributed by atoms with Crippen molar-refractivity contribution in [2.24, 2.45) is 0 Å². The van der Waals surface area contributed by atoms with Gasteiger partial charge in [0.25, 0.3) is 0 Å². The highest BCUT2D eigenvalue weighted by molar-refractivity contribution is 6.31. The third-order valence-corrected chi connectivity index (χ3v) is 3.96. The molecule has 0 radical (unpaired) electrons. The molecule has 0 saturated carbocycles. The van der Waals surface area contributed by atoms with Gasteiger partial charge in [0.15, 0.2) is 0 Å². The Labute approximate surface area is 131 Å². The predicted molar refractivity (Wildman–Crippen MR) is 90.2 cm³/mol.